The van der Waals surface area contributed by atoms with Gasteiger partial charge in [0, 0.05) is 46.1 Å². The zero-order chi connectivity index (χ0) is 26.5. The molecule has 0 saturated heterocycles. The van der Waals surface area contributed by atoms with Gasteiger partial charge < -0.3 is 5.32 Å². The summed E-state index contributed by atoms with van der Waals surface area (Å²) in [5.41, 5.74) is 7.45. The number of hydrogen-bond donors (Lipinski definition) is 2. The molecule has 0 fully saturated rings. The second-order valence-corrected chi connectivity index (χ2v) is 9.62. The predicted molar refractivity (Wildman–Crippen MR) is 151 cm³/mol. The fourth-order valence-corrected chi connectivity index (χ4v) is 4.48. The topological polar surface area (TPSA) is 66.1 Å². The Labute approximate surface area is 222 Å². The highest BCUT2D eigenvalue weighted by molar-refractivity contribution is 6.24. The van der Waals surface area contributed by atoms with Crippen LogP contribution in [-0.4, -0.2) is 16.1 Å². The Kier molecular flexibility index (Phi) is 7.27. The summed E-state index contributed by atoms with van der Waals surface area (Å²) in [6.07, 6.45) is 6.74. The van der Waals surface area contributed by atoms with Gasteiger partial charge in [0.15, 0.2) is 0 Å². The van der Waals surface area contributed by atoms with Gasteiger partial charge in [-0.15, -0.1) is 0 Å². The molecule has 5 nitrogen and oxygen atoms in total. The van der Waals surface area contributed by atoms with Crippen LogP contribution in [0.2, 0.25) is 0 Å². The lowest BCUT2D eigenvalue weighted by Gasteiger charge is -2.13. The molecule has 5 heteroatoms. The smallest absolute Gasteiger partial charge is 0.252 e. The van der Waals surface area contributed by atoms with Crippen LogP contribution in [0.25, 0.3) is 33.7 Å². The summed E-state index contributed by atoms with van der Waals surface area (Å²) in [5.74, 6) is 0.192. The number of pyridine rings is 2. The Morgan fingerprint density at radius 1 is 0.947 bits per heavy atom. The van der Waals surface area contributed by atoms with E-state index in [1.54, 1.807) is 12.1 Å². The van der Waals surface area contributed by atoms with Crippen molar-refractivity contribution in [3.05, 3.63) is 132 Å². The lowest BCUT2D eigenvalue weighted by molar-refractivity contribution is -0.904. The second kappa shape index (κ2) is 11.1. The zero-order valence-corrected chi connectivity index (χ0v) is 21.5. The number of nitrogens with one attached hydrogen (secondary N) is 1. The molecule has 0 aliphatic carbocycles. The minimum absolute atomic E-state index is 0.191. The minimum atomic E-state index is -0.191. The zero-order valence-electron chi connectivity index (χ0n) is 21.5. The summed E-state index contributed by atoms with van der Waals surface area (Å²) in [5, 5.41) is 13.9. The first kappa shape index (κ1) is 24.9. The molecule has 2 heterocycles. The monoisotopic (exact) mass is 500 g/mol. The molecule has 0 aliphatic rings. The Morgan fingerprint density at radius 2 is 1.74 bits per heavy atom. The predicted octanol–water partition coefficient (Wildman–Crippen LogP) is 6.41. The van der Waals surface area contributed by atoms with Gasteiger partial charge in [0.1, 0.15) is 0 Å². The number of rotatable bonds is 7. The van der Waals surface area contributed by atoms with Crippen molar-refractivity contribution in [1.29, 1.82) is 0 Å². The molecule has 188 valence electrons. The van der Waals surface area contributed by atoms with Crippen molar-refractivity contribution in [2.45, 2.75) is 26.3 Å². The van der Waals surface area contributed by atoms with Crippen molar-refractivity contribution in [2.24, 2.45) is 0 Å². The van der Waals surface area contributed by atoms with Crippen LogP contribution in [0.1, 0.15) is 42.0 Å². The standard InChI is InChI=1S/C33H29N3O2/c1-23(2)29-20-28-12-7-15-34-32(28)30(21-29)27-11-6-10-25(18-27)19-31(26-13-16-36(38)17-14-26)33(37)35-22-24-8-4-3-5-9-24/h3-21,23H,22H2,1-2H3,(H-,35,37,38)/p+1/b31-19-. The molecule has 0 atom stereocenters. The number of nitrogens with zero attached hydrogens (tertiary/aromatic N) is 2. The number of benzene rings is 3. The maximum Gasteiger partial charge on any atom is 0.252 e. The highest BCUT2D eigenvalue weighted by Gasteiger charge is 2.15. The van der Waals surface area contributed by atoms with E-state index in [-0.39, 0.29) is 5.91 Å². The molecule has 5 rings (SSSR count). The summed E-state index contributed by atoms with van der Waals surface area (Å²) in [4.78, 5) is 18.1. The average molecular weight is 501 g/mol. The third-order valence-corrected chi connectivity index (χ3v) is 6.57. The Morgan fingerprint density at radius 3 is 2.50 bits per heavy atom. The molecule has 38 heavy (non-hydrogen) atoms. The molecule has 0 radical (unpaired) electrons. The van der Waals surface area contributed by atoms with Crippen LogP contribution in [-0.2, 0) is 11.3 Å². The summed E-state index contributed by atoms with van der Waals surface area (Å²) >= 11 is 0. The fourth-order valence-electron chi connectivity index (χ4n) is 4.48. The average Bonchev–Trinajstić information content (AvgIpc) is 2.95. The van der Waals surface area contributed by atoms with E-state index in [0.29, 0.717) is 23.6 Å². The van der Waals surface area contributed by atoms with Crippen molar-refractivity contribution in [3.63, 3.8) is 0 Å². The third-order valence-electron chi connectivity index (χ3n) is 6.57. The molecular weight excluding hydrogens is 470 g/mol. The van der Waals surface area contributed by atoms with Gasteiger partial charge in [-0.1, -0.05) is 68.4 Å². The van der Waals surface area contributed by atoms with Crippen LogP contribution in [0.3, 0.4) is 0 Å². The van der Waals surface area contributed by atoms with Crippen molar-refractivity contribution < 1.29 is 14.7 Å². The van der Waals surface area contributed by atoms with E-state index in [1.807, 2.05) is 60.8 Å². The van der Waals surface area contributed by atoms with Crippen molar-refractivity contribution >= 4 is 28.5 Å². The van der Waals surface area contributed by atoms with E-state index in [4.69, 9.17) is 0 Å². The van der Waals surface area contributed by atoms with Crippen LogP contribution in [0.5, 0.6) is 0 Å². The van der Waals surface area contributed by atoms with Crippen LogP contribution >= 0.6 is 0 Å². The minimum Gasteiger partial charge on any atom is -0.348 e. The molecule has 0 saturated carbocycles. The van der Waals surface area contributed by atoms with Crippen LogP contribution in [0.15, 0.2) is 110 Å². The molecule has 1 amide bonds. The summed E-state index contributed by atoms with van der Waals surface area (Å²) < 4.78 is 0.962. The fraction of sp³-hybridized carbons (Fsp3) is 0.121. The normalized spacial score (nSPS) is 11.6. The number of hydrogen-bond acceptors (Lipinski definition) is 3. The lowest BCUT2D eigenvalue weighted by atomic mass is 9.93. The van der Waals surface area contributed by atoms with Gasteiger partial charge >= 0.3 is 0 Å². The molecule has 3 aromatic carbocycles. The molecule has 2 N–H and O–H groups in total. The van der Waals surface area contributed by atoms with Crippen molar-refractivity contribution in [1.82, 2.24) is 10.3 Å². The van der Waals surface area contributed by atoms with E-state index in [0.717, 1.165) is 37.9 Å². The van der Waals surface area contributed by atoms with Crippen molar-refractivity contribution in [2.75, 3.05) is 0 Å². The van der Waals surface area contributed by atoms with Gasteiger partial charge in [0.2, 0.25) is 12.4 Å². The van der Waals surface area contributed by atoms with Gasteiger partial charge in [0.05, 0.1) is 5.52 Å². The molecule has 5 aromatic rings. The number of fused-ring (bicyclic) bond motifs is 1. The summed E-state index contributed by atoms with van der Waals surface area (Å²) in [6, 6.07) is 29.9. The van der Waals surface area contributed by atoms with E-state index in [1.165, 1.54) is 18.0 Å². The van der Waals surface area contributed by atoms with Crippen LogP contribution in [0.4, 0.5) is 0 Å². The van der Waals surface area contributed by atoms with Gasteiger partial charge in [-0.05, 0) is 64.1 Å². The highest BCUT2D eigenvalue weighted by Crippen LogP contribution is 2.32. The van der Waals surface area contributed by atoms with Gasteiger partial charge in [-0.2, -0.15) is 0 Å². The molecule has 0 aliphatic heterocycles. The number of carbonyl (C=O) groups excluding carboxylic acids is 1. The first-order valence-corrected chi connectivity index (χ1v) is 12.7. The van der Waals surface area contributed by atoms with Crippen LogP contribution in [0, 0.1) is 0 Å². The largest absolute Gasteiger partial charge is 0.348 e. The Hall–Kier alpha value is -4.77. The first-order chi connectivity index (χ1) is 18.5. The van der Waals surface area contributed by atoms with E-state index < -0.39 is 0 Å². The second-order valence-electron chi connectivity index (χ2n) is 9.62. The highest BCUT2D eigenvalue weighted by atomic mass is 16.5. The third kappa shape index (κ3) is 5.62. The van der Waals surface area contributed by atoms with Gasteiger partial charge in [-0.3, -0.25) is 15.0 Å². The number of carbonyl (C=O) groups is 1. The lowest BCUT2D eigenvalue weighted by Crippen LogP contribution is -2.29. The maximum atomic E-state index is 13.4. The van der Waals surface area contributed by atoms with E-state index >= 15 is 0 Å². The quantitative estimate of drug-likeness (QED) is 0.154. The van der Waals surface area contributed by atoms with E-state index in [2.05, 4.69) is 54.5 Å². The maximum absolute atomic E-state index is 13.4. The van der Waals surface area contributed by atoms with Gasteiger partial charge in [-0.25, -0.2) is 0 Å². The van der Waals surface area contributed by atoms with Crippen molar-refractivity contribution in [3.8, 4) is 11.1 Å². The van der Waals surface area contributed by atoms with Gasteiger partial charge in [0.25, 0.3) is 5.91 Å². The Bertz CT molecular complexity index is 1610. The summed E-state index contributed by atoms with van der Waals surface area (Å²) in [6.45, 7) is 4.80. The molecule has 0 spiro atoms. The van der Waals surface area contributed by atoms with E-state index in [9.17, 15) is 10.0 Å². The Balaban J connectivity index is 1.55. The molecule has 0 bridgehead atoms. The SMILES string of the molecule is CC(C)c1cc(-c2cccc(/C=C(\C(=O)NCc3ccccc3)c3cc[n+](O)cc3)c2)c2ncccc2c1. The molecule has 2 aromatic heterocycles. The van der Waals surface area contributed by atoms with Crippen LogP contribution < -0.4 is 10.0 Å². The number of amides is 1. The number of aromatic nitrogens is 2. The molecule has 0 unspecified atom stereocenters. The molecular formula is C33H30N3O2+. The summed E-state index contributed by atoms with van der Waals surface area (Å²) in [7, 11) is 0. The first-order valence-electron chi connectivity index (χ1n) is 12.7.